The van der Waals surface area contributed by atoms with Crippen LogP contribution in [0.1, 0.15) is 12.5 Å². The quantitative estimate of drug-likeness (QED) is 0.658. The van der Waals surface area contributed by atoms with Gasteiger partial charge in [0.2, 0.25) is 0 Å². The van der Waals surface area contributed by atoms with Crippen LogP contribution in [0.5, 0.6) is 0 Å². The monoisotopic (exact) mass is 178 g/mol. The van der Waals surface area contributed by atoms with E-state index < -0.39 is 0 Å². The highest BCUT2D eigenvalue weighted by Gasteiger charge is 2.29. The molecule has 2 rings (SSSR count). The molecule has 0 aliphatic carbocycles. The van der Waals surface area contributed by atoms with Crippen molar-refractivity contribution >= 4 is 0 Å². The van der Waals surface area contributed by atoms with E-state index >= 15 is 0 Å². The van der Waals surface area contributed by atoms with Gasteiger partial charge in [0, 0.05) is 0 Å². The van der Waals surface area contributed by atoms with E-state index in [0.29, 0.717) is 12.7 Å². The molecule has 1 saturated heterocycles. The predicted octanol–water partition coefficient (Wildman–Crippen LogP) is 1.99. The standard InChI is InChI=1S/C11H14O2/c1-9(11-8-13-11)12-7-10-5-3-2-4-6-10/h2-6,9,11H,7-8H2,1H3/t9?,11-/m1/s1. The van der Waals surface area contributed by atoms with Crippen LogP contribution < -0.4 is 0 Å². The highest BCUT2D eigenvalue weighted by molar-refractivity contribution is 5.13. The maximum Gasteiger partial charge on any atom is 0.107 e. The second-order valence-corrected chi connectivity index (χ2v) is 3.37. The average Bonchev–Trinajstić information content (AvgIpc) is 2.99. The fourth-order valence-corrected chi connectivity index (χ4v) is 1.24. The minimum atomic E-state index is 0.222. The highest BCUT2D eigenvalue weighted by Crippen LogP contribution is 2.17. The van der Waals surface area contributed by atoms with Gasteiger partial charge in [0.1, 0.15) is 6.10 Å². The third kappa shape index (κ3) is 2.54. The zero-order valence-corrected chi connectivity index (χ0v) is 7.77. The van der Waals surface area contributed by atoms with Gasteiger partial charge in [-0.3, -0.25) is 0 Å². The molecule has 2 heteroatoms. The molecule has 0 radical (unpaired) electrons. The fraction of sp³-hybridized carbons (Fsp3) is 0.455. The molecule has 0 saturated carbocycles. The Bertz CT molecular complexity index is 254. The van der Waals surface area contributed by atoms with E-state index in [1.807, 2.05) is 18.2 Å². The third-order valence-corrected chi connectivity index (χ3v) is 2.24. The van der Waals surface area contributed by atoms with Crippen molar-refractivity contribution in [3.05, 3.63) is 35.9 Å². The number of hydrogen-bond acceptors (Lipinski definition) is 2. The molecule has 2 nitrogen and oxygen atoms in total. The summed E-state index contributed by atoms with van der Waals surface area (Å²) >= 11 is 0. The van der Waals surface area contributed by atoms with Crippen LogP contribution in [-0.2, 0) is 16.1 Å². The van der Waals surface area contributed by atoms with Crippen molar-refractivity contribution in [1.82, 2.24) is 0 Å². The molecule has 2 atom stereocenters. The number of hydrogen-bond donors (Lipinski definition) is 0. The molecule has 0 spiro atoms. The van der Waals surface area contributed by atoms with E-state index in [1.165, 1.54) is 5.56 Å². The first kappa shape index (κ1) is 8.73. The van der Waals surface area contributed by atoms with Gasteiger partial charge in [-0.2, -0.15) is 0 Å². The SMILES string of the molecule is CC(OCc1ccccc1)[C@H]1CO1. The van der Waals surface area contributed by atoms with Crippen LogP contribution in [0.15, 0.2) is 30.3 Å². The first-order chi connectivity index (χ1) is 6.36. The van der Waals surface area contributed by atoms with Gasteiger partial charge in [0.05, 0.1) is 19.3 Å². The summed E-state index contributed by atoms with van der Waals surface area (Å²) in [5.41, 5.74) is 1.22. The fourth-order valence-electron chi connectivity index (χ4n) is 1.24. The minimum absolute atomic E-state index is 0.222. The lowest BCUT2D eigenvalue weighted by Crippen LogP contribution is -2.14. The molecule has 0 N–H and O–H groups in total. The summed E-state index contributed by atoms with van der Waals surface area (Å²) < 4.78 is 10.8. The van der Waals surface area contributed by atoms with E-state index in [2.05, 4.69) is 19.1 Å². The van der Waals surface area contributed by atoms with Gasteiger partial charge in [-0.15, -0.1) is 0 Å². The molecule has 1 aromatic carbocycles. The van der Waals surface area contributed by atoms with E-state index in [0.717, 1.165) is 6.61 Å². The second kappa shape index (κ2) is 3.90. The second-order valence-electron chi connectivity index (χ2n) is 3.37. The third-order valence-electron chi connectivity index (χ3n) is 2.24. The number of epoxide rings is 1. The van der Waals surface area contributed by atoms with Crippen LogP contribution in [0.2, 0.25) is 0 Å². The highest BCUT2D eigenvalue weighted by atomic mass is 16.6. The van der Waals surface area contributed by atoms with Gasteiger partial charge in [-0.25, -0.2) is 0 Å². The summed E-state index contributed by atoms with van der Waals surface area (Å²) in [7, 11) is 0. The normalized spacial score (nSPS) is 22.7. The first-order valence-electron chi connectivity index (χ1n) is 4.63. The van der Waals surface area contributed by atoms with Crippen LogP contribution in [0.3, 0.4) is 0 Å². The van der Waals surface area contributed by atoms with E-state index in [4.69, 9.17) is 9.47 Å². The number of ether oxygens (including phenoxy) is 2. The predicted molar refractivity (Wildman–Crippen MR) is 50.4 cm³/mol. The van der Waals surface area contributed by atoms with Gasteiger partial charge < -0.3 is 9.47 Å². The van der Waals surface area contributed by atoms with E-state index in [-0.39, 0.29) is 6.10 Å². The Morgan fingerprint density at radius 2 is 2.15 bits per heavy atom. The number of rotatable bonds is 4. The first-order valence-corrected chi connectivity index (χ1v) is 4.63. The molecule has 1 aliphatic heterocycles. The number of benzene rings is 1. The summed E-state index contributed by atoms with van der Waals surface area (Å²) in [5, 5.41) is 0. The molecule has 1 fully saturated rings. The Kier molecular flexibility index (Phi) is 2.62. The molecule has 1 aliphatic rings. The zero-order chi connectivity index (χ0) is 9.10. The minimum Gasteiger partial charge on any atom is -0.371 e. The van der Waals surface area contributed by atoms with Crippen molar-refractivity contribution in [3.63, 3.8) is 0 Å². The Morgan fingerprint density at radius 1 is 1.46 bits per heavy atom. The van der Waals surface area contributed by atoms with Gasteiger partial charge in [0.25, 0.3) is 0 Å². The van der Waals surface area contributed by atoms with Crippen molar-refractivity contribution in [2.24, 2.45) is 0 Å². The summed E-state index contributed by atoms with van der Waals surface area (Å²) in [6, 6.07) is 10.2. The van der Waals surface area contributed by atoms with Crippen molar-refractivity contribution in [3.8, 4) is 0 Å². The lowest BCUT2D eigenvalue weighted by atomic mass is 10.2. The van der Waals surface area contributed by atoms with Crippen LogP contribution >= 0.6 is 0 Å². The summed E-state index contributed by atoms with van der Waals surface area (Å²) in [4.78, 5) is 0. The van der Waals surface area contributed by atoms with Crippen LogP contribution in [0, 0.1) is 0 Å². The maximum atomic E-state index is 5.63. The van der Waals surface area contributed by atoms with Gasteiger partial charge in [-0.05, 0) is 12.5 Å². The van der Waals surface area contributed by atoms with Crippen molar-refractivity contribution in [1.29, 1.82) is 0 Å². The van der Waals surface area contributed by atoms with Crippen LogP contribution in [0.25, 0.3) is 0 Å². The topological polar surface area (TPSA) is 21.8 Å². The zero-order valence-electron chi connectivity index (χ0n) is 7.77. The van der Waals surface area contributed by atoms with E-state index in [1.54, 1.807) is 0 Å². The van der Waals surface area contributed by atoms with Crippen molar-refractivity contribution in [2.45, 2.75) is 25.7 Å². The van der Waals surface area contributed by atoms with Crippen molar-refractivity contribution < 1.29 is 9.47 Å². The molecule has 1 heterocycles. The lowest BCUT2D eigenvalue weighted by molar-refractivity contribution is 0.0340. The Labute approximate surface area is 78.5 Å². The molecule has 0 bridgehead atoms. The Morgan fingerprint density at radius 3 is 2.77 bits per heavy atom. The molecular formula is C11H14O2. The Hall–Kier alpha value is -0.860. The maximum absolute atomic E-state index is 5.63. The van der Waals surface area contributed by atoms with E-state index in [9.17, 15) is 0 Å². The molecule has 0 aromatic heterocycles. The summed E-state index contributed by atoms with van der Waals surface area (Å²) in [6.07, 6.45) is 0.559. The average molecular weight is 178 g/mol. The molecule has 0 amide bonds. The molecule has 1 aromatic rings. The van der Waals surface area contributed by atoms with Crippen LogP contribution in [0.4, 0.5) is 0 Å². The Balaban J connectivity index is 1.78. The molecule has 13 heavy (non-hydrogen) atoms. The smallest absolute Gasteiger partial charge is 0.107 e. The van der Waals surface area contributed by atoms with Gasteiger partial charge in [-0.1, -0.05) is 30.3 Å². The molecular weight excluding hydrogens is 164 g/mol. The lowest BCUT2D eigenvalue weighted by Gasteiger charge is -2.09. The van der Waals surface area contributed by atoms with Crippen LogP contribution in [-0.4, -0.2) is 18.8 Å². The summed E-state index contributed by atoms with van der Waals surface area (Å²) in [6.45, 7) is 3.60. The summed E-state index contributed by atoms with van der Waals surface area (Å²) in [5.74, 6) is 0. The van der Waals surface area contributed by atoms with Crippen molar-refractivity contribution in [2.75, 3.05) is 6.61 Å². The molecule has 70 valence electrons. The largest absolute Gasteiger partial charge is 0.371 e. The van der Waals surface area contributed by atoms with Gasteiger partial charge >= 0.3 is 0 Å². The molecule has 1 unspecified atom stereocenters. The van der Waals surface area contributed by atoms with Gasteiger partial charge in [0.15, 0.2) is 0 Å².